The molecule has 6 nitrogen and oxygen atoms in total. The summed E-state index contributed by atoms with van der Waals surface area (Å²) in [7, 11) is 1.71. The average Bonchev–Trinajstić information content (AvgIpc) is 3.41. The van der Waals surface area contributed by atoms with Gasteiger partial charge in [-0.15, -0.1) is 0 Å². The van der Waals surface area contributed by atoms with Crippen molar-refractivity contribution < 1.29 is 18.0 Å². The number of amides is 1. The molecule has 0 N–H and O–H groups in total. The van der Waals surface area contributed by atoms with Gasteiger partial charge in [0, 0.05) is 42.3 Å². The van der Waals surface area contributed by atoms with Crippen LogP contribution in [-0.4, -0.2) is 36.0 Å². The van der Waals surface area contributed by atoms with Crippen molar-refractivity contribution in [2.24, 2.45) is 7.05 Å². The van der Waals surface area contributed by atoms with Gasteiger partial charge < -0.3 is 9.30 Å². The van der Waals surface area contributed by atoms with Gasteiger partial charge in [-0.2, -0.15) is 5.10 Å². The fourth-order valence-corrected chi connectivity index (χ4v) is 5.70. The second-order valence-corrected chi connectivity index (χ2v) is 9.09. The minimum atomic E-state index is -1.49. The summed E-state index contributed by atoms with van der Waals surface area (Å²) in [6.07, 6.45) is 6.61. The smallest absolute Gasteiger partial charge is 0.256 e. The number of fused-ring (bicyclic) bond motifs is 5. The number of imidazole rings is 1. The molecule has 6 rings (SSSR count). The number of halogens is 3. The number of nitrogens with zero attached hydrogens (tertiary/aromatic N) is 5. The van der Waals surface area contributed by atoms with E-state index in [2.05, 4.69) is 10.1 Å². The van der Waals surface area contributed by atoms with Gasteiger partial charge >= 0.3 is 0 Å². The van der Waals surface area contributed by atoms with Crippen molar-refractivity contribution >= 4 is 11.6 Å². The van der Waals surface area contributed by atoms with E-state index in [-0.39, 0.29) is 23.6 Å². The summed E-state index contributed by atoms with van der Waals surface area (Å²) in [6, 6.07) is 5.37. The molecule has 1 saturated heterocycles. The standard InChI is InChI=1S/C25H22F3N5O/c1-13-16(6-7-21-29-8-9-32(13)21)25(34)33-15-4-3-5-20(33)23-17(12-15)24(31(2)30-23)14-10-18(26)22(28)19(27)11-14/h6-11,15,20H,3-5,12H2,1-2H3. The monoisotopic (exact) mass is 465 g/mol. The third kappa shape index (κ3) is 2.92. The third-order valence-electron chi connectivity index (χ3n) is 7.22. The second-order valence-electron chi connectivity index (χ2n) is 9.09. The summed E-state index contributed by atoms with van der Waals surface area (Å²) in [4.78, 5) is 20.0. The fraction of sp³-hybridized carbons (Fsp3) is 0.320. The maximum Gasteiger partial charge on any atom is 0.256 e. The van der Waals surface area contributed by atoms with E-state index in [1.807, 2.05) is 34.6 Å². The maximum atomic E-state index is 14.0. The molecule has 2 aliphatic heterocycles. The Kier molecular flexibility index (Phi) is 4.59. The van der Waals surface area contributed by atoms with Crippen LogP contribution in [0.3, 0.4) is 0 Å². The van der Waals surface area contributed by atoms with Crippen LogP contribution in [0.25, 0.3) is 16.9 Å². The van der Waals surface area contributed by atoms with Gasteiger partial charge in [0.05, 0.1) is 23.0 Å². The van der Waals surface area contributed by atoms with E-state index in [0.717, 1.165) is 54.0 Å². The Morgan fingerprint density at radius 1 is 1.12 bits per heavy atom. The van der Waals surface area contributed by atoms with Crippen LogP contribution in [0.5, 0.6) is 0 Å². The molecule has 1 fully saturated rings. The van der Waals surface area contributed by atoms with Gasteiger partial charge in [0.15, 0.2) is 17.5 Å². The number of carbonyl (C=O) groups is 1. The summed E-state index contributed by atoms with van der Waals surface area (Å²) in [6.45, 7) is 1.91. The maximum absolute atomic E-state index is 14.0. The van der Waals surface area contributed by atoms with Crippen LogP contribution in [-0.2, 0) is 13.5 Å². The van der Waals surface area contributed by atoms with E-state index in [9.17, 15) is 18.0 Å². The highest BCUT2D eigenvalue weighted by Gasteiger charge is 2.44. The van der Waals surface area contributed by atoms with Crippen molar-refractivity contribution in [1.82, 2.24) is 24.1 Å². The molecule has 0 radical (unpaired) electrons. The lowest BCUT2D eigenvalue weighted by atomic mass is 9.81. The number of piperidine rings is 1. The van der Waals surface area contributed by atoms with Gasteiger partial charge in [0.1, 0.15) is 5.65 Å². The van der Waals surface area contributed by atoms with E-state index < -0.39 is 17.5 Å². The predicted molar refractivity (Wildman–Crippen MR) is 119 cm³/mol. The first-order chi connectivity index (χ1) is 16.3. The quantitative estimate of drug-likeness (QED) is 0.402. The number of aryl methyl sites for hydroxylation is 2. The van der Waals surface area contributed by atoms with Gasteiger partial charge in [0.25, 0.3) is 5.91 Å². The van der Waals surface area contributed by atoms with Crippen molar-refractivity contribution in [1.29, 1.82) is 0 Å². The molecule has 3 aromatic heterocycles. The lowest BCUT2D eigenvalue weighted by molar-refractivity contribution is 0.0390. The molecular weight excluding hydrogens is 443 g/mol. The van der Waals surface area contributed by atoms with E-state index in [0.29, 0.717) is 17.7 Å². The Hall–Kier alpha value is -3.62. The number of hydrogen-bond donors (Lipinski definition) is 0. The zero-order valence-electron chi connectivity index (χ0n) is 18.7. The van der Waals surface area contributed by atoms with Crippen LogP contribution >= 0.6 is 0 Å². The topological polar surface area (TPSA) is 55.4 Å². The molecule has 4 aromatic rings. The molecule has 2 unspecified atom stereocenters. The van der Waals surface area contributed by atoms with Crippen LogP contribution in [0, 0.1) is 24.4 Å². The summed E-state index contributed by atoms with van der Waals surface area (Å²) < 4.78 is 45.1. The third-order valence-corrected chi connectivity index (χ3v) is 7.22. The molecule has 0 aliphatic carbocycles. The van der Waals surface area contributed by atoms with Crippen LogP contribution in [0.2, 0.25) is 0 Å². The molecular formula is C25H22F3N5O. The Labute approximate surface area is 193 Å². The molecule has 0 spiro atoms. The van der Waals surface area contributed by atoms with Gasteiger partial charge in [-0.05, 0) is 56.9 Å². The van der Waals surface area contributed by atoms with Crippen LogP contribution < -0.4 is 0 Å². The van der Waals surface area contributed by atoms with Crippen molar-refractivity contribution in [3.05, 3.63) is 76.6 Å². The lowest BCUT2D eigenvalue weighted by Gasteiger charge is -2.45. The minimum absolute atomic E-state index is 0.0560. The first-order valence-electron chi connectivity index (χ1n) is 11.3. The first-order valence-corrected chi connectivity index (χ1v) is 11.3. The number of pyridine rings is 1. The molecule has 34 heavy (non-hydrogen) atoms. The van der Waals surface area contributed by atoms with Crippen molar-refractivity contribution in [3.63, 3.8) is 0 Å². The predicted octanol–water partition coefficient (Wildman–Crippen LogP) is 4.75. The largest absolute Gasteiger partial charge is 0.327 e. The summed E-state index contributed by atoms with van der Waals surface area (Å²) in [5, 5.41) is 4.69. The van der Waals surface area contributed by atoms with Crippen molar-refractivity contribution in [2.45, 2.75) is 44.7 Å². The molecule has 2 aliphatic rings. The molecule has 0 saturated carbocycles. The van der Waals surface area contributed by atoms with Gasteiger partial charge in [-0.1, -0.05) is 0 Å². The highest BCUT2D eigenvalue weighted by atomic mass is 19.2. The highest BCUT2D eigenvalue weighted by molar-refractivity contribution is 5.96. The number of rotatable bonds is 2. The van der Waals surface area contributed by atoms with Crippen LogP contribution in [0.15, 0.2) is 36.7 Å². The van der Waals surface area contributed by atoms with Gasteiger partial charge in [-0.3, -0.25) is 9.48 Å². The van der Waals surface area contributed by atoms with E-state index in [4.69, 9.17) is 0 Å². The Morgan fingerprint density at radius 2 is 1.88 bits per heavy atom. The number of benzene rings is 1. The molecule has 1 aromatic carbocycles. The SMILES string of the molecule is Cc1c(C(=O)N2C3CCCC2c2nn(C)c(-c4cc(F)c(F)c(F)c4)c2C3)ccc2nccn12. The second kappa shape index (κ2) is 7.44. The van der Waals surface area contributed by atoms with E-state index >= 15 is 0 Å². The zero-order chi connectivity index (χ0) is 23.7. The molecule has 9 heteroatoms. The van der Waals surface area contributed by atoms with E-state index in [1.54, 1.807) is 17.9 Å². The van der Waals surface area contributed by atoms with E-state index in [1.165, 1.54) is 0 Å². The summed E-state index contributed by atoms with van der Waals surface area (Å²) in [5.74, 6) is -4.01. The lowest BCUT2D eigenvalue weighted by Crippen LogP contribution is -2.50. The first kappa shape index (κ1) is 20.9. The molecule has 174 valence electrons. The molecule has 1 amide bonds. The number of hydrogen-bond acceptors (Lipinski definition) is 3. The average molecular weight is 465 g/mol. The zero-order valence-corrected chi connectivity index (χ0v) is 18.7. The van der Waals surface area contributed by atoms with Crippen LogP contribution in [0.1, 0.15) is 52.6 Å². The molecule has 2 bridgehead atoms. The summed E-state index contributed by atoms with van der Waals surface area (Å²) >= 11 is 0. The van der Waals surface area contributed by atoms with Crippen molar-refractivity contribution in [2.75, 3.05) is 0 Å². The number of aromatic nitrogens is 4. The highest BCUT2D eigenvalue weighted by Crippen LogP contribution is 2.45. The van der Waals surface area contributed by atoms with Gasteiger partial charge in [-0.25, -0.2) is 18.2 Å². The number of carbonyl (C=O) groups excluding carboxylic acids is 1. The summed E-state index contributed by atoms with van der Waals surface area (Å²) in [5.41, 5.74) is 4.64. The molecule has 2 atom stereocenters. The van der Waals surface area contributed by atoms with Crippen molar-refractivity contribution in [3.8, 4) is 11.3 Å². The molecule has 5 heterocycles. The van der Waals surface area contributed by atoms with Crippen LogP contribution in [0.4, 0.5) is 13.2 Å². The fourth-order valence-electron chi connectivity index (χ4n) is 5.70. The Balaban J connectivity index is 1.45. The Bertz CT molecular complexity index is 1450. The normalized spacial score (nSPS) is 19.5. The Morgan fingerprint density at radius 3 is 2.65 bits per heavy atom. The minimum Gasteiger partial charge on any atom is -0.327 e. The van der Waals surface area contributed by atoms with Gasteiger partial charge in [0.2, 0.25) is 0 Å².